The van der Waals surface area contributed by atoms with Crippen LogP contribution >= 0.6 is 34.9 Å². The van der Waals surface area contributed by atoms with Gasteiger partial charge in [0.05, 0.1) is 21.7 Å². The largest absolute Gasteiger partial charge is 0.325 e. The highest BCUT2D eigenvalue weighted by Gasteiger charge is 2.12. The monoisotopic (exact) mass is 498 g/mol. The molecular weight excluding hydrogens is 476 g/mol. The van der Waals surface area contributed by atoms with E-state index in [2.05, 4.69) is 25.8 Å². The zero-order valence-electron chi connectivity index (χ0n) is 18.3. The number of aryl methyl sites for hydroxylation is 2. The van der Waals surface area contributed by atoms with Gasteiger partial charge in [-0.05, 0) is 49.2 Å². The summed E-state index contributed by atoms with van der Waals surface area (Å²) >= 11 is 4.23. The Morgan fingerprint density at radius 2 is 1.85 bits per heavy atom. The first-order valence-corrected chi connectivity index (χ1v) is 12.8. The van der Waals surface area contributed by atoms with Gasteiger partial charge in [-0.25, -0.2) is 4.98 Å². The fourth-order valence-corrected chi connectivity index (χ4v) is 5.57. The van der Waals surface area contributed by atoms with Crippen LogP contribution in [0.3, 0.4) is 0 Å². The fraction of sp³-hybridized carbons (Fsp3) is 0.227. The van der Waals surface area contributed by atoms with Crippen molar-refractivity contribution in [3.8, 4) is 0 Å². The molecule has 33 heavy (non-hydrogen) atoms. The molecule has 2 amide bonds. The highest BCUT2D eigenvalue weighted by Crippen LogP contribution is 2.31. The predicted molar refractivity (Wildman–Crippen MR) is 135 cm³/mol. The zero-order valence-corrected chi connectivity index (χ0v) is 20.7. The van der Waals surface area contributed by atoms with Gasteiger partial charge in [0.25, 0.3) is 0 Å². The second-order valence-electron chi connectivity index (χ2n) is 7.31. The summed E-state index contributed by atoms with van der Waals surface area (Å²) in [4.78, 5) is 29.3. The van der Waals surface area contributed by atoms with Crippen molar-refractivity contribution in [2.24, 2.45) is 7.05 Å². The van der Waals surface area contributed by atoms with Crippen LogP contribution in [-0.2, 0) is 16.6 Å². The van der Waals surface area contributed by atoms with Gasteiger partial charge in [-0.1, -0.05) is 35.7 Å². The number of rotatable bonds is 8. The maximum atomic E-state index is 12.4. The van der Waals surface area contributed by atoms with Crippen molar-refractivity contribution in [2.45, 2.75) is 23.3 Å². The van der Waals surface area contributed by atoms with E-state index in [-0.39, 0.29) is 23.3 Å². The first kappa shape index (κ1) is 23.3. The maximum absolute atomic E-state index is 12.4. The number of carbonyl (C=O) groups excluding carboxylic acids is 2. The minimum Gasteiger partial charge on any atom is -0.325 e. The third-order valence-corrected chi connectivity index (χ3v) is 8.06. The van der Waals surface area contributed by atoms with Crippen molar-refractivity contribution < 1.29 is 9.59 Å². The highest BCUT2D eigenvalue weighted by atomic mass is 32.2. The van der Waals surface area contributed by atoms with Gasteiger partial charge in [-0.15, -0.1) is 21.5 Å². The number of anilines is 2. The summed E-state index contributed by atoms with van der Waals surface area (Å²) in [5.74, 6) is 0.325. The summed E-state index contributed by atoms with van der Waals surface area (Å²) in [5, 5.41) is 14.3. The van der Waals surface area contributed by atoms with Gasteiger partial charge < -0.3 is 15.2 Å². The van der Waals surface area contributed by atoms with E-state index in [9.17, 15) is 9.59 Å². The Labute approximate surface area is 203 Å². The second kappa shape index (κ2) is 10.4. The number of hydrogen-bond donors (Lipinski definition) is 2. The molecule has 0 unspecified atom stereocenters. The lowest BCUT2D eigenvalue weighted by Gasteiger charge is -2.09. The van der Waals surface area contributed by atoms with E-state index in [4.69, 9.17) is 0 Å². The Morgan fingerprint density at radius 3 is 2.64 bits per heavy atom. The lowest BCUT2D eigenvalue weighted by Crippen LogP contribution is -2.15. The van der Waals surface area contributed by atoms with Gasteiger partial charge in [0.1, 0.15) is 6.33 Å². The smallest absolute Gasteiger partial charge is 0.234 e. The van der Waals surface area contributed by atoms with Crippen molar-refractivity contribution in [3.05, 3.63) is 53.9 Å². The van der Waals surface area contributed by atoms with Crippen LogP contribution in [0.5, 0.6) is 0 Å². The quantitative estimate of drug-likeness (QED) is 0.345. The Balaban J connectivity index is 1.32. The number of hydrogen-bond acceptors (Lipinski definition) is 8. The SMILES string of the molecule is Cc1cccc(NC(=O)CSc2nc3ccc(NC(=O)CSc4nncn4C)cc3s2)c1C. The number of thioether (sulfide) groups is 2. The van der Waals surface area contributed by atoms with Gasteiger partial charge >= 0.3 is 0 Å². The van der Waals surface area contributed by atoms with Crippen LogP contribution in [0, 0.1) is 13.8 Å². The summed E-state index contributed by atoms with van der Waals surface area (Å²) < 4.78 is 3.52. The van der Waals surface area contributed by atoms with Gasteiger partial charge in [0.15, 0.2) is 9.50 Å². The summed E-state index contributed by atoms with van der Waals surface area (Å²) in [6, 6.07) is 11.5. The molecule has 0 fully saturated rings. The molecule has 2 N–H and O–H groups in total. The molecule has 170 valence electrons. The standard InChI is InChI=1S/C22H22N6O2S3/c1-13-5-4-6-16(14(13)2)25-20(30)11-32-22-26-17-8-7-15(9-18(17)33-22)24-19(29)10-31-21-27-23-12-28(21)3/h4-9,12H,10-11H2,1-3H3,(H,24,29)(H,25,30). The lowest BCUT2D eigenvalue weighted by atomic mass is 10.1. The van der Waals surface area contributed by atoms with E-state index >= 15 is 0 Å². The molecule has 4 aromatic rings. The number of fused-ring (bicyclic) bond motifs is 1. The van der Waals surface area contributed by atoms with Crippen molar-refractivity contribution in [1.82, 2.24) is 19.7 Å². The molecule has 0 saturated heterocycles. The molecule has 4 rings (SSSR count). The summed E-state index contributed by atoms with van der Waals surface area (Å²) in [6.45, 7) is 4.02. The molecule has 2 aromatic heterocycles. The molecule has 0 atom stereocenters. The van der Waals surface area contributed by atoms with Crippen molar-refractivity contribution >= 4 is 68.3 Å². The number of benzene rings is 2. The molecule has 11 heteroatoms. The van der Waals surface area contributed by atoms with Crippen LogP contribution < -0.4 is 10.6 Å². The Kier molecular flexibility index (Phi) is 7.31. The summed E-state index contributed by atoms with van der Waals surface area (Å²) in [5.41, 5.74) is 4.59. The van der Waals surface area contributed by atoms with Crippen LogP contribution in [0.25, 0.3) is 10.2 Å². The van der Waals surface area contributed by atoms with Crippen molar-refractivity contribution in [2.75, 3.05) is 22.1 Å². The third-order valence-electron chi connectivity index (χ3n) is 4.86. The maximum Gasteiger partial charge on any atom is 0.234 e. The molecule has 2 heterocycles. The topological polar surface area (TPSA) is 102 Å². The van der Waals surface area contributed by atoms with Crippen LogP contribution in [0.2, 0.25) is 0 Å². The first-order valence-electron chi connectivity index (χ1n) is 10.0. The minimum absolute atomic E-state index is 0.0682. The summed E-state index contributed by atoms with van der Waals surface area (Å²) in [7, 11) is 1.83. The Bertz CT molecular complexity index is 1320. The minimum atomic E-state index is -0.121. The molecule has 8 nitrogen and oxygen atoms in total. The van der Waals surface area contributed by atoms with E-state index in [1.165, 1.54) is 34.9 Å². The van der Waals surface area contributed by atoms with Crippen molar-refractivity contribution in [3.63, 3.8) is 0 Å². The number of carbonyl (C=O) groups is 2. The van der Waals surface area contributed by atoms with Crippen LogP contribution in [0.15, 0.2) is 52.2 Å². The van der Waals surface area contributed by atoms with Gasteiger partial charge in [0, 0.05) is 18.4 Å². The first-order chi connectivity index (χ1) is 15.9. The van der Waals surface area contributed by atoms with Gasteiger partial charge in [0.2, 0.25) is 11.8 Å². The number of thiazole rings is 1. The molecular formula is C22H22N6O2S3. The number of aromatic nitrogens is 4. The molecule has 0 radical (unpaired) electrons. The van der Waals surface area contributed by atoms with Crippen LogP contribution in [0.4, 0.5) is 11.4 Å². The van der Waals surface area contributed by atoms with E-state index in [1.807, 2.05) is 57.3 Å². The molecule has 0 aliphatic heterocycles. The normalized spacial score (nSPS) is 11.0. The lowest BCUT2D eigenvalue weighted by molar-refractivity contribution is -0.114. The van der Waals surface area contributed by atoms with Crippen LogP contribution in [0.1, 0.15) is 11.1 Å². The predicted octanol–water partition coefficient (Wildman–Crippen LogP) is 4.50. The van der Waals surface area contributed by atoms with Crippen molar-refractivity contribution in [1.29, 1.82) is 0 Å². The molecule has 0 bridgehead atoms. The molecule has 0 spiro atoms. The van der Waals surface area contributed by atoms with E-state index in [0.29, 0.717) is 10.8 Å². The van der Waals surface area contributed by atoms with Gasteiger partial charge in [-0.3, -0.25) is 9.59 Å². The molecule has 0 saturated carbocycles. The number of nitrogens with zero attached hydrogens (tertiary/aromatic N) is 4. The Hall–Kier alpha value is -2.89. The number of amides is 2. The second-order valence-corrected chi connectivity index (χ2v) is 10.5. The zero-order chi connectivity index (χ0) is 23.4. The van der Waals surface area contributed by atoms with Gasteiger partial charge in [-0.2, -0.15) is 0 Å². The van der Waals surface area contributed by atoms with E-state index in [1.54, 1.807) is 10.9 Å². The van der Waals surface area contributed by atoms with Crippen LogP contribution in [-0.4, -0.2) is 43.1 Å². The average molecular weight is 499 g/mol. The highest BCUT2D eigenvalue weighted by molar-refractivity contribution is 8.01. The third kappa shape index (κ3) is 5.92. The fourth-order valence-electron chi connectivity index (χ4n) is 2.97. The molecule has 0 aliphatic rings. The molecule has 0 aliphatic carbocycles. The van der Waals surface area contributed by atoms with E-state index < -0.39 is 0 Å². The summed E-state index contributed by atoms with van der Waals surface area (Å²) in [6.07, 6.45) is 1.60. The number of nitrogens with one attached hydrogen (secondary N) is 2. The average Bonchev–Trinajstić information content (AvgIpc) is 3.39. The molecule has 2 aromatic carbocycles. The van der Waals surface area contributed by atoms with E-state index in [0.717, 1.165) is 31.4 Å². The Morgan fingerprint density at radius 1 is 1.06 bits per heavy atom.